The van der Waals surface area contributed by atoms with Crippen molar-refractivity contribution in [3.63, 3.8) is 0 Å². The number of hydrogen-bond donors (Lipinski definition) is 1. The number of benzene rings is 1. The molecule has 0 atom stereocenters. The summed E-state index contributed by atoms with van der Waals surface area (Å²) in [5, 5.41) is 7.74. The highest BCUT2D eigenvalue weighted by Gasteiger charge is 2.11. The van der Waals surface area contributed by atoms with E-state index in [1.807, 2.05) is 37.5 Å². The maximum Gasteiger partial charge on any atom is 0.194 e. The molecule has 5 nitrogen and oxygen atoms in total. The zero-order chi connectivity index (χ0) is 17.7. The molecule has 2 aromatic rings. The van der Waals surface area contributed by atoms with Gasteiger partial charge in [0.25, 0.3) is 0 Å². The van der Waals surface area contributed by atoms with Gasteiger partial charge in [0.05, 0.1) is 12.2 Å². The van der Waals surface area contributed by atoms with Crippen LogP contribution < -0.4 is 5.32 Å². The molecule has 0 aliphatic heterocycles. The van der Waals surface area contributed by atoms with E-state index in [2.05, 4.69) is 17.3 Å². The fourth-order valence-electron chi connectivity index (χ4n) is 2.61. The molecule has 1 aromatic heterocycles. The molecule has 0 unspecified atom stereocenters. The fourth-order valence-corrected chi connectivity index (χ4v) is 2.61. The molecule has 2 rings (SSSR count). The molecule has 1 N–H and O–H groups in total. The predicted molar refractivity (Wildman–Crippen MR) is 95.4 cm³/mol. The fraction of sp³-hybridized carbons (Fsp3) is 0.444. The van der Waals surface area contributed by atoms with Crippen molar-refractivity contribution < 1.29 is 4.39 Å². The van der Waals surface area contributed by atoms with Crippen LogP contribution in [0.2, 0.25) is 0 Å². The molecule has 6 heteroatoms. The maximum atomic E-state index is 13.0. The minimum absolute atomic E-state index is 0.218. The van der Waals surface area contributed by atoms with E-state index in [9.17, 15) is 4.39 Å². The van der Waals surface area contributed by atoms with E-state index in [4.69, 9.17) is 4.99 Å². The van der Waals surface area contributed by atoms with Gasteiger partial charge in [-0.25, -0.2) is 9.38 Å². The van der Waals surface area contributed by atoms with Crippen molar-refractivity contribution in [1.82, 2.24) is 20.0 Å². The standard InChI is InChI=1S/C18H26FN5/c1-6-20-18(21-11-17-13(2)22-24(5)14(17)3)23(4)12-15-7-9-16(19)10-8-15/h7-10H,6,11-12H2,1-5H3,(H,20,21). The third-order valence-electron chi connectivity index (χ3n) is 4.08. The Morgan fingerprint density at radius 2 is 1.96 bits per heavy atom. The first-order valence-electron chi connectivity index (χ1n) is 8.15. The van der Waals surface area contributed by atoms with Gasteiger partial charge in [-0.1, -0.05) is 12.1 Å². The minimum Gasteiger partial charge on any atom is -0.357 e. The smallest absolute Gasteiger partial charge is 0.194 e. The Labute approximate surface area is 143 Å². The summed E-state index contributed by atoms with van der Waals surface area (Å²) in [6, 6.07) is 6.56. The lowest BCUT2D eigenvalue weighted by Gasteiger charge is -2.22. The Bertz CT molecular complexity index is 703. The van der Waals surface area contributed by atoms with E-state index in [-0.39, 0.29) is 5.82 Å². The summed E-state index contributed by atoms with van der Waals surface area (Å²) in [5.74, 6) is 0.606. The minimum atomic E-state index is -0.218. The first kappa shape index (κ1) is 18.0. The van der Waals surface area contributed by atoms with Gasteiger partial charge in [-0.05, 0) is 38.5 Å². The van der Waals surface area contributed by atoms with Gasteiger partial charge in [-0.15, -0.1) is 0 Å². The molecule has 0 bridgehead atoms. The second-order valence-electron chi connectivity index (χ2n) is 5.93. The summed E-state index contributed by atoms with van der Waals surface area (Å²) in [5.41, 5.74) is 4.34. The van der Waals surface area contributed by atoms with Crippen molar-refractivity contribution in [2.45, 2.75) is 33.9 Å². The number of halogens is 1. The van der Waals surface area contributed by atoms with Crippen LogP contribution in [0, 0.1) is 19.7 Å². The molecule has 0 fully saturated rings. The van der Waals surface area contributed by atoms with Crippen molar-refractivity contribution >= 4 is 5.96 Å². The highest BCUT2D eigenvalue weighted by Crippen LogP contribution is 2.13. The van der Waals surface area contributed by atoms with Crippen molar-refractivity contribution in [1.29, 1.82) is 0 Å². The molecule has 0 aliphatic rings. The quantitative estimate of drug-likeness (QED) is 0.677. The number of aliphatic imine (C=N–C) groups is 1. The van der Waals surface area contributed by atoms with E-state index in [0.717, 1.165) is 35.0 Å². The second-order valence-corrected chi connectivity index (χ2v) is 5.93. The van der Waals surface area contributed by atoms with Gasteiger partial charge in [0.1, 0.15) is 5.82 Å². The largest absolute Gasteiger partial charge is 0.357 e. The second kappa shape index (κ2) is 7.95. The molecule has 0 radical (unpaired) electrons. The SMILES string of the molecule is CCNC(=NCc1c(C)nn(C)c1C)N(C)Cc1ccc(F)cc1. The highest BCUT2D eigenvalue weighted by atomic mass is 19.1. The third-order valence-corrected chi connectivity index (χ3v) is 4.08. The molecule has 0 spiro atoms. The Morgan fingerprint density at radius 1 is 1.29 bits per heavy atom. The number of hydrogen-bond acceptors (Lipinski definition) is 2. The molecule has 24 heavy (non-hydrogen) atoms. The predicted octanol–water partition coefficient (Wildman–Crippen LogP) is 2.77. The van der Waals surface area contributed by atoms with E-state index in [0.29, 0.717) is 13.1 Å². The Morgan fingerprint density at radius 3 is 2.50 bits per heavy atom. The number of rotatable bonds is 5. The van der Waals surface area contributed by atoms with Crippen LogP contribution in [0.15, 0.2) is 29.3 Å². The van der Waals surface area contributed by atoms with Crippen LogP contribution in [-0.2, 0) is 20.1 Å². The summed E-state index contributed by atoms with van der Waals surface area (Å²) >= 11 is 0. The molecule has 0 saturated carbocycles. The van der Waals surface area contributed by atoms with E-state index in [1.54, 1.807) is 12.1 Å². The van der Waals surface area contributed by atoms with Crippen LogP contribution in [-0.4, -0.2) is 34.2 Å². The monoisotopic (exact) mass is 331 g/mol. The molecule has 0 aliphatic carbocycles. The number of guanidine groups is 1. The van der Waals surface area contributed by atoms with Gasteiger partial charge >= 0.3 is 0 Å². The first-order valence-corrected chi connectivity index (χ1v) is 8.15. The molecular formula is C18H26FN5. The van der Waals surface area contributed by atoms with Crippen LogP contribution >= 0.6 is 0 Å². The van der Waals surface area contributed by atoms with E-state index >= 15 is 0 Å². The van der Waals surface area contributed by atoms with Gasteiger partial charge in [-0.3, -0.25) is 4.68 Å². The third kappa shape index (κ3) is 4.34. The van der Waals surface area contributed by atoms with Gasteiger partial charge in [0, 0.05) is 38.4 Å². The van der Waals surface area contributed by atoms with Crippen molar-refractivity contribution in [2.75, 3.05) is 13.6 Å². The number of nitrogens with zero attached hydrogens (tertiary/aromatic N) is 4. The molecule has 0 saturated heterocycles. The summed E-state index contributed by atoms with van der Waals surface area (Å²) in [6.07, 6.45) is 0. The topological polar surface area (TPSA) is 45.5 Å². The average molecular weight is 331 g/mol. The lowest BCUT2D eigenvalue weighted by atomic mass is 10.2. The van der Waals surface area contributed by atoms with Crippen molar-refractivity contribution in [3.05, 3.63) is 52.6 Å². The lowest BCUT2D eigenvalue weighted by Crippen LogP contribution is -2.38. The number of aryl methyl sites for hydroxylation is 2. The number of nitrogens with one attached hydrogen (secondary N) is 1. The molecular weight excluding hydrogens is 305 g/mol. The Kier molecular flexibility index (Phi) is 5.95. The van der Waals surface area contributed by atoms with Gasteiger partial charge < -0.3 is 10.2 Å². The average Bonchev–Trinajstić information content (AvgIpc) is 2.79. The van der Waals surface area contributed by atoms with Crippen LogP contribution in [0.5, 0.6) is 0 Å². The normalized spacial score (nSPS) is 11.7. The molecule has 1 heterocycles. The van der Waals surface area contributed by atoms with Crippen molar-refractivity contribution in [2.24, 2.45) is 12.0 Å². The molecule has 0 amide bonds. The number of aromatic nitrogens is 2. The summed E-state index contributed by atoms with van der Waals surface area (Å²) < 4.78 is 14.9. The highest BCUT2D eigenvalue weighted by molar-refractivity contribution is 5.79. The van der Waals surface area contributed by atoms with E-state index < -0.39 is 0 Å². The zero-order valence-corrected chi connectivity index (χ0v) is 15.1. The first-order chi connectivity index (χ1) is 11.4. The van der Waals surface area contributed by atoms with Gasteiger partial charge in [0.2, 0.25) is 0 Å². The molecule has 1 aromatic carbocycles. The maximum absolute atomic E-state index is 13.0. The summed E-state index contributed by atoms with van der Waals surface area (Å²) in [6.45, 7) is 8.14. The van der Waals surface area contributed by atoms with Crippen LogP contribution in [0.25, 0.3) is 0 Å². The van der Waals surface area contributed by atoms with E-state index in [1.165, 1.54) is 12.1 Å². The Balaban J connectivity index is 2.13. The van der Waals surface area contributed by atoms with Gasteiger partial charge in [0.15, 0.2) is 5.96 Å². The zero-order valence-electron chi connectivity index (χ0n) is 15.1. The Hall–Kier alpha value is -2.37. The van der Waals surface area contributed by atoms with Crippen LogP contribution in [0.1, 0.15) is 29.4 Å². The summed E-state index contributed by atoms with van der Waals surface area (Å²) in [7, 11) is 3.93. The molecule has 130 valence electrons. The van der Waals surface area contributed by atoms with Crippen molar-refractivity contribution in [3.8, 4) is 0 Å². The summed E-state index contributed by atoms with van der Waals surface area (Å²) in [4.78, 5) is 6.78. The lowest BCUT2D eigenvalue weighted by molar-refractivity contribution is 0.476. The van der Waals surface area contributed by atoms with Gasteiger partial charge in [-0.2, -0.15) is 5.10 Å². The van der Waals surface area contributed by atoms with Crippen LogP contribution in [0.4, 0.5) is 4.39 Å². The van der Waals surface area contributed by atoms with Crippen LogP contribution in [0.3, 0.4) is 0 Å².